The van der Waals surface area contributed by atoms with Crippen LogP contribution >= 0.6 is 15.6 Å². The molecule has 234 valence electrons. The number of hydrogen-bond acceptors (Lipinski definition) is 15. The molecule has 2 unspecified atom stereocenters. The number of aliphatic hydroxyl groups excluding tert-OH is 3. The third-order valence-electron chi connectivity index (χ3n) is 6.60. The van der Waals surface area contributed by atoms with E-state index in [2.05, 4.69) is 19.3 Å². The molecule has 9 atom stereocenters. The monoisotopic (exact) mass is 648 g/mol. The molecule has 3 aromatic heterocycles. The number of carbonyl (C=O) groups is 1. The van der Waals surface area contributed by atoms with Gasteiger partial charge in [-0.15, -0.1) is 0 Å². The molecule has 0 aliphatic carbocycles. The molecule has 43 heavy (non-hydrogen) atoms. The molecular weight excluding hydrogens is 620 g/mol. The molecule has 0 spiro atoms. The van der Waals surface area contributed by atoms with Crippen molar-refractivity contribution >= 4 is 38.5 Å². The van der Waals surface area contributed by atoms with Crippen LogP contribution in [0.2, 0.25) is 0 Å². The number of pyridine rings is 1. The smallest absolute Gasteiger partial charge is 0.388 e. The Balaban J connectivity index is 1.14. The third-order valence-corrected chi connectivity index (χ3v) is 9.20. The molecule has 2 fully saturated rings. The second-order valence-corrected chi connectivity index (χ2v) is 12.6. The lowest BCUT2D eigenvalue weighted by atomic mass is 10.1. The van der Waals surface area contributed by atoms with Gasteiger partial charge < -0.3 is 46.0 Å². The first-order chi connectivity index (χ1) is 20.2. The second kappa shape index (κ2) is 12.2. The molecule has 0 aromatic carbocycles. The summed E-state index contributed by atoms with van der Waals surface area (Å²) < 4.78 is 52.5. The number of primary amides is 1. The summed E-state index contributed by atoms with van der Waals surface area (Å²) in [4.78, 5) is 43.4. The molecule has 2 aliphatic heterocycles. The van der Waals surface area contributed by atoms with Crippen molar-refractivity contribution in [3.63, 3.8) is 0 Å². The van der Waals surface area contributed by atoms with Crippen LogP contribution in [0.5, 0.6) is 0 Å². The highest BCUT2D eigenvalue weighted by Gasteiger charge is 2.49. The van der Waals surface area contributed by atoms with E-state index in [1.54, 1.807) is 0 Å². The summed E-state index contributed by atoms with van der Waals surface area (Å²) >= 11 is 0. The molecule has 5 rings (SSSR count). The maximum absolute atomic E-state index is 12.4. The lowest BCUT2D eigenvalue weighted by Crippen LogP contribution is -2.46. The summed E-state index contributed by atoms with van der Waals surface area (Å²) in [7, 11) is -10.5. The van der Waals surface area contributed by atoms with Crippen molar-refractivity contribution in [1.29, 1.82) is 0 Å². The van der Waals surface area contributed by atoms with Gasteiger partial charge in [0.2, 0.25) is 0 Å². The molecule has 3 aromatic rings. The maximum atomic E-state index is 12.4. The average Bonchev–Trinajstić information content (AvgIpc) is 3.62. The lowest BCUT2D eigenvalue weighted by Gasteiger charge is -2.20. The number of phosphoric ester groups is 2. The Labute approximate surface area is 241 Å². The molecule has 0 bridgehead atoms. The summed E-state index contributed by atoms with van der Waals surface area (Å²) in [5, 5.41) is 31.2. The number of imidazole rings is 1. The van der Waals surface area contributed by atoms with Crippen LogP contribution < -0.4 is 16.0 Å². The van der Waals surface area contributed by atoms with Gasteiger partial charge >= 0.3 is 15.6 Å². The summed E-state index contributed by atoms with van der Waals surface area (Å²) in [5.74, 6) is -0.636. The van der Waals surface area contributed by atoms with Crippen LogP contribution in [0.15, 0.2) is 37.2 Å². The van der Waals surface area contributed by atoms with E-state index in [0.717, 1.165) is 0 Å². The van der Waals surface area contributed by atoms with Gasteiger partial charge in [0.05, 0.1) is 25.6 Å². The van der Waals surface area contributed by atoms with Gasteiger partial charge in [0.1, 0.15) is 35.7 Å². The van der Waals surface area contributed by atoms with Crippen molar-refractivity contribution in [2.45, 2.75) is 49.4 Å². The topological polar surface area (TPSA) is 298 Å². The Morgan fingerprint density at radius 1 is 1.09 bits per heavy atom. The van der Waals surface area contributed by atoms with E-state index < -0.39 is 77.7 Å². The zero-order valence-electron chi connectivity index (χ0n) is 21.9. The Morgan fingerprint density at radius 3 is 2.53 bits per heavy atom. The van der Waals surface area contributed by atoms with Gasteiger partial charge in [-0.3, -0.25) is 18.4 Å². The number of nitrogen functional groups attached to an aromatic ring is 1. The van der Waals surface area contributed by atoms with Crippen LogP contribution in [0.25, 0.3) is 11.2 Å². The Kier molecular flexibility index (Phi) is 8.92. The summed E-state index contributed by atoms with van der Waals surface area (Å²) in [6.45, 7) is -1.49. The number of fused-ring (bicyclic) bond motifs is 1. The highest BCUT2D eigenvalue weighted by Crippen LogP contribution is 2.60. The largest absolute Gasteiger partial charge is 0.481 e. The normalized spacial score (nSPS) is 30.3. The number of aliphatic hydroxyl groups is 3. The Morgan fingerprint density at radius 2 is 1.81 bits per heavy atom. The zero-order chi connectivity index (χ0) is 31.1. The first-order valence-electron chi connectivity index (χ1n) is 12.5. The number of nitrogens with two attached hydrogens (primary N) is 2. The van der Waals surface area contributed by atoms with Crippen LogP contribution in [0.4, 0.5) is 5.82 Å². The second-order valence-electron chi connectivity index (χ2n) is 9.60. The number of carbonyl (C=O) groups excluding carboxylic acids is 1. The predicted octanol–water partition coefficient (Wildman–Crippen LogP) is -1.99. The number of rotatable bonds is 11. The average molecular weight is 648 g/mol. The van der Waals surface area contributed by atoms with Crippen LogP contribution in [-0.4, -0.2) is 94.3 Å². The van der Waals surface area contributed by atoms with Crippen LogP contribution in [0.1, 0.15) is 29.2 Å². The number of anilines is 1. The van der Waals surface area contributed by atoms with Gasteiger partial charge in [0.25, 0.3) is 12.1 Å². The number of ether oxygens (including phenoxy) is 2. The molecule has 20 nitrogen and oxygen atoms in total. The van der Waals surface area contributed by atoms with Gasteiger partial charge in [-0.05, 0) is 6.07 Å². The first-order valence-corrected chi connectivity index (χ1v) is 15.5. The highest BCUT2D eigenvalue weighted by atomic mass is 31.3. The number of aromatic nitrogens is 5. The van der Waals surface area contributed by atoms with Crippen molar-refractivity contribution in [2.75, 3.05) is 18.9 Å². The van der Waals surface area contributed by atoms with E-state index in [9.17, 15) is 39.0 Å². The summed E-state index contributed by atoms with van der Waals surface area (Å²) in [5.41, 5.74) is 11.7. The Bertz CT molecular complexity index is 1590. The fraction of sp³-hybridized carbons (Fsp3) is 0.476. The molecule has 9 N–H and O–H groups in total. The third kappa shape index (κ3) is 6.91. The van der Waals surface area contributed by atoms with E-state index in [1.807, 2.05) is 0 Å². The predicted molar refractivity (Wildman–Crippen MR) is 138 cm³/mol. The van der Waals surface area contributed by atoms with Crippen molar-refractivity contribution in [1.82, 2.24) is 19.5 Å². The van der Waals surface area contributed by atoms with E-state index >= 15 is 0 Å². The molecule has 2 aliphatic rings. The van der Waals surface area contributed by atoms with E-state index in [0.29, 0.717) is 0 Å². The van der Waals surface area contributed by atoms with Gasteiger partial charge in [-0.2, -0.15) is 8.88 Å². The maximum Gasteiger partial charge on any atom is 0.481 e. The van der Waals surface area contributed by atoms with Gasteiger partial charge in [-0.25, -0.2) is 24.1 Å². The van der Waals surface area contributed by atoms with Crippen molar-refractivity contribution in [2.24, 2.45) is 5.73 Å². The summed E-state index contributed by atoms with van der Waals surface area (Å²) in [6, 6.07) is 2.86. The molecule has 2 saturated heterocycles. The SMILES string of the molecule is NC(=O)c1ccc[n+]([C@@H]2O[C@H](COP(=O)(O)OP(=O)(O)OC[C@@H]3C[C@@H](O)[C@H](n4cnc5c(N)ncnc54)O3)[C@@H](O)[C@H]2O)c1. The minimum atomic E-state index is -5.29. The molecule has 22 heteroatoms. The van der Waals surface area contributed by atoms with Crippen molar-refractivity contribution < 1.29 is 66.4 Å². The molecule has 1 amide bonds. The lowest BCUT2D eigenvalue weighted by molar-refractivity contribution is -0.765. The number of hydrogen-bond donors (Lipinski definition) is 7. The number of amides is 1. The van der Waals surface area contributed by atoms with Crippen LogP contribution in [0.3, 0.4) is 0 Å². The fourth-order valence-corrected chi connectivity index (χ4v) is 6.69. The highest BCUT2D eigenvalue weighted by molar-refractivity contribution is 7.61. The fourth-order valence-electron chi connectivity index (χ4n) is 4.58. The summed E-state index contributed by atoms with van der Waals surface area (Å²) in [6.07, 6.45) is -3.70. The zero-order valence-corrected chi connectivity index (χ0v) is 23.7. The van der Waals surface area contributed by atoms with Gasteiger partial charge in [0.15, 0.2) is 36.2 Å². The van der Waals surface area contributed by atoms with Gasteiger partial charge in [0, 0.05) is 12.5 Å². The molecule has 5 heterocycles. The minimum absolute atomic E-state index is 0.0566. The molecule has 0 radical (unpaired) electrons. The standard InChI is InChI=1S/C21H27N7O13P2/c22-17-14-19(25-8-24-17)28(9-26-14)20-12(29)4-11(39-20)6-37-42(33,34)41-43(35,36)38-7-13-15(30)16(31)21(40-13)27-3-1-2-10(5-27)18(23)32/h1-3,5,8-9,11-13,15-16,20-21,29-31H,4,6-7H2,(H5-,22,23,24,25,32,33,34,35,36)/p+1/t11-,12+,13+,15+,16+,20+,21+/m0/s1. The van der Waals surface area contributed by atoms with Crippen molar-refractivity contribution in [3.05, 3.63) is 42.7 Å². The number of phosphoric acid groups is 2. The first kappa shape index (κ1) is 31.5. The number of nitrogens with zero attached hydrogens (tertiary/aromatic N) is 5. The van der Waals surface area contributed by atoms with Crippen LogP contribution in [0, 0.1) is 0 Å². The molecular formula is C21H28N7O13P2+. The molecule has 0 saturated carbocycles. The van der Waals surface area contributed by atoms with E-state index in [4.69, 9.17) is 30.0 Å². The van der Waals surface area contributed by atoms with E-state index in [1.165, 1.54) is 46.3 Å². The Hall–Kier alpha value is -2.97. The van der Waals surface area contributed by atoms with Crippen molar-refractivity contribution in [3.8, 4) is 0 Å². The van der Waals surface area contributed by atoms with Crippen LogP contribution in [-0.2, 0) is 32.0 Å². The minimum Gasteiger partial charge on any atom is -0.388 e. The quantitative estimate of drug-likeness (QED) is 0.0874. The van der Waals surface area contributed by atoms with Gasteiger partial charge in [-0.1, -0.05) is 0 Å². The van der Waals surface area contributed by atoms with E-state index in [-0.39, 0.29) is 29.0 Å².